The topological polar surface area (TPSA) is 105 Å². The third kappa shape index (κ3) is 3.54. The van der Waals surface area contributed by atoms with E-state index in [4.69, 9.17) is 18.0 Å². The highest BCUT2D eigenvalue weighted by molar-refractivity contribution is 7.80. The molecule has 1 aliphatic rings. The number of nitrogens with two attached hydrogens (primary N) is 1. The Morgan fingerprint density at radius 1 is 1.38 bits per heavy atom. The molecule has 0 saturated carbocycles. The highest BCUT2D eigenvalue weighted by Gasteiger charge is 2.28. The zero-order chi connectivity index (χ0) is 15.4. The van der Waals surface area contributed by atoms with Gasteiger partial charge in [-0.2, -0.15) is 0 Å². The smallest absolute Gasteiger partial charge is 0.324 e. The van der Waals surface area contributed by atoms with E-state index in [0.29, 0.717) is 11.3 Å². The summed E-state index contributed by atoms with van der Waals surface area (Å²) in [4.78, 5) is 35.8. The number of urea groups is 1. The molecule has 1 saturated heterocycles. The number of amides is 4. The number of hydrogen-bond donors (Lipinski definition) is 3. The van der Waals surface area contributed by atoms with Gasteiger partial charge in [0.05, 0.1) is 12.2 Å². The molecular formula is C13H14N4O3S. The summed E-state index contributed by atoms with van der Waals surface area (Å²) in [5.74, 6) is -0.664. The first-order valence-electron chi connectivity index (χ1n) is 6.26. The summed E-state index contributed by atoms with van der Waals surface area (Å²) in [6, 6.07) is 6.41. The fraction of sp³-hybridized carbons (Fsp3) is 0.231. The normalized spacial score (nSPS) is 14.0. The molecule has 1 aliphatic heterocycles. The van der Waals surface area contributed by atoms with Crippen molar-refractivity contribution in [2.75, 3.05) is 18.4 Å². The van der Waals surface area contributed by atoms with Crippen LogP contribution in [0.25, 0.3) is 0 Å². The maximum atomic E-state index is 11.9. The van der Waals surface area contributed by atoms with Gasteiger partial charge in [-0.05, 0) is 12.1 Å². The van der Waals surface area contributed by atoms with Gasteiger partial charge in [-0.25, -0.2) is 4.79 Å². The second-order valence-corrected chi connectivity index (χ2v) is 4.85. The summed E-state index contributed by atoms with van der Waals surface area (Å²) in [5, 5.41) is 5.06. The van der Waals surface area contributed by atoms with Crippen LogP contribution >= 0.6 is 12.2 Å². The standard InChI is InChI=1S/C13H14N4O3S/c14-12(21)8-3-1-2-4-9(8)16-10(18)5-6-17-11(19)7-15-13(17)20/h1-4H,5-7H2,(H2,14,21)(H,15,20)(H,16,18). The highest BCUT2D eigenvalue weighted by atomic mass is 32.1. The number of hydrogen-bond acceptors (Lipinski definition) is 4. The van der Waals surface area contributed by atoms with Gasteiger partial charge in [0.15, 0.2) is 0 Å². The van der Waals surface area contributed by atoms with Crippen LogP contribution in [-0.2, 0) is 9.59 Å². The number of carbonyl (C=O) groups is 3. The van der Waals surface area contributed by atoms with E-state index in [1.54, 1.807) is 24.3 Å². The second-order valence-electron chi connectivity index (χ2n) is 4.41. The summed E-state index contributed by atoms with van der Waals surface area (Å²) < 4.78 is 0. The van der Waals surface area contributed by atoms with Crippen LogP contribution < -0.4 is 16.4 Å². The van der Waals surface area contributed by atoms with Gasteiger partial charge in [0, 0.05) is 18.5 Å². The lowest BCUT2D eigenvalue weighted by atomic mass is 10.1. The van der Waals surface area contributed by atoms with E-state index in [0.717, 1.165) is 4.90 Å². The van der Waals surface area contributed by atoms with E-state index >= 15 is 0 Å². The third-order valence-electron chi connectivity index (χ3n) is 2.97. The number of benzene rings is 1. The van der Waals surface area contributed by atoms with E-state index in [9.17, 15) is 14.4 Å². The maximum absolute atomic E-state index is 11.9. The van der Waals surface area contributed by atoms with Gasteiger partial charge < -0.3 is 16.4 Å². The monoisotopic (exact) mass is 306 g/mol. The Morgan fingerprint density at radius 3 is 2.71 bits per heavy atom. The Kier molecular flexibility index (Phi) is 4.49. The summed E-state index contributed by atoms with van der Waals surface area (Å²) in [7, 11) is 0. The van der Waals surface area contributed by atoms with Crippen molar-refractivity contribution in [3.63, 3.8) is 0 Å². The first kappa shape index (κ1) is 14.9. The molecule has 4 amide bonds. The van der Waals surface area contributed by atoms with Gasteiger partial charge in [-0.3, -0.25) is 14.5 Å². The number of rotatable bonds is 5. The zero-order valence-electron chi connectivity index (χ0n) is 11.1. The number of imide groups is 1. The van der Waals surface area contributed by atoms with Crippen LogP contribution in [0.1, 0.15) is 12.0 Å². The fourth-order valence-corrected chi connectivity index (χ4v) is 2.09. The molecule has 0 unspecified atom stereocenters. The zero-order valence-corrected chi connectivity index (χ0v) is 11.9. The Bertz CT molecular complexity index is 601. The SMILES string of the molecule is NC(=S)c1ccccc1NC(=O)CCN1C(=O)CNC1=O. The predicted molar refractivity (Wildman–Crippen MR) is 80.7 cm³/mol. The number of para-hydroxylation sites is 1. The first-order valence-corrected chi connectivity index (χ1v) is 6.66. The predicted octanol–water partition coefficient (Wildman–Crippen LogP) is 0.201. The lowest BCUT2D eigenvalue weighted by Crippen LogP contribution is -2.33. The van der Waals surface area contributed by atoms with E-state index in [-0.39, 0.29) is 36.3 Å². The van der Waals surface area contributed by atoms with Crippen molar-refractivity contribution >= 4 is 40.7 Å². The van der Waals surface area contributed by atoms with Gasteiger partial charge in [0.1, 0.15) is 4.99 Å². The van der Waals surface area contributed by atoms with E-state index < -0.39 is 6.03 Å². The van der Waals surface area contributed by atoms with Crippen LogP contribution in [0, 0.1) is 0 Å². The summed E-state index contributed by atoms with van der Waals surface area (Å²) in [6.07, 6.45) is 0.00479. The fourth-order valence-electron chi connectivity index (χ4n) is 1.91. The van der Waals surface area contributed by atoms with Crippen molar-refractivity contribution in [2.24, 2.45) is 5.73 Å². The molecule has 0 atom stereocenters. The molecule has 1 heterocycles. The van der Waals surface area contributed by atoms with Crippen LogP contribution in [0.2, 0.25) is 0 Å². The Labute approximate surface area is 126 Å². The van der Waals surface area contributed by atoms with Crippen LogP contribution in [0.4, 0.5) is 10.5 Å². The van der Waals surface area contributed by atoms with Crippen LogP contribution in [-0.4, -0.2) is 40.8 Å². The average Bonchev–Trinajstić information content (AvgIpc) is 2.76. The quantitative estimate of drug-likeness (QED) is 0.532. The van der Waals surface area contributed by atoms with Gasteiger partial charge in [-0.1, -0.05) is 24.4 Å². The minimum atomic E-state index is -0.476. The van der Waals surface area contributed by atoms with E-state index in [2.05, 4.69) is 10.6 Å². The molecule has 0 spiro atoms. The molecule has 2 rings (SSSR count). The number of nitrogens with zero attached hydrogens (tertiary/aromatic N) is 1. The average molecular weight is 306 g/mol. The summed E-state index contributed by atoms with van der Waals surface area (Å²) in [6.45, 7) is 0.0104. The van der Waals surface area contributed by atoms with Gasteiger partial charge in [-0.15, -0.1) is 0 Å². The molecule has 1 fully saturated rings. The molecule has 1 aromatic rings. The van der Waals surface area contributed by atoms with Crippen molar-refractivity contribution in [3.05, 3.63) is 29.8 Å². The molecule has 4 N–H and O–H groups in total. The maximum Gasteiger partial charge on any atom is 0.324 e. The summed E-state index contributed by atoms with van der Waals surface area (Å²) in [5.41, 5.74) is 6.65. The van der Waals surface area contributed by atoms with Crippen LogP contribution in [0.3, 0.4) is 0 Å². The van der Waals surface area contributed by atoms with Gasteiger partial charge in [0.2, 0.25) is 11.8 Å². The first-order chi connectivity index (χ1) is 9.99. The minimum Gasteiger partial charge on any atom is -0.389 e. The Hall–Kier alpha value is -2.48. The molecule has 0 bridgehead atoms. The minimum absolute atomic E-state index is 0.00479. The number of thiocarbonyl (C=S) groups is 1. The van der Waals surface area contributed by atoms with Crippen molar-refractivity contribution in [1.29, 1.82) is 0 Å². The number of nitrogens with one attached hydrogen (secondary N) is 2. The number of anilines is 1. The second kappa shape index (κ2) is 6.31. The molecule has 110 valence electrons. The number of carbonyl (C=O) groups excluding carboxylic acids is 3. The van der Waals surface area contributed by atoms with Crippen LogP contribution in [0.5, 0.6) is 0 Å². The van der Waals surface area contributed by atoms with Crippen molar-refractivity contribution in [1.82, 2.24) is 10.2 Å². The Morgan fingerprint density at radius 2 is 2.10 bits per heavy atom. The summed E-state index contributed by atoms with van der Waals surface area (Å²) >= 11 is 4.91. The van der Waals surface area contributed by atoms with Crippen LogP contribution in [0.15, 0.2) is 24.3 Å². The third-order valence-corrected chi connectivity index (χ3v) is 3.19. The molecular weight excluding hydrogens is 292 g/mol. The van der Waals surface area contributed by atoms with Gasteiger partial charge in [0.25, 0.3) is 0 Å². The molecule has 0 aromatic heterocycles. The molecule has 0 radical (unpaired) electrons. The molecule has 7 nitrogen and oxygen atoms in total. The Balaban J connectivity index is 1.95. The van der Waals surface area contributed by atoms with Crippen molar-refractivity contribution in [2.45, 2.75) is 6.42 Å². The van der Waals surface area contributed by atoms with Crippen molar-refractivity contribution in [3.8, 4) is 0 Å². The lowest BCUT2D eigenvalue weighted by molar-refractivity contribution is -0.125. The lowest BCUT2D eigenvalue weighted by Gasteiger charge is -2.13. The van der Waals surface area contributed by atoms with E-state index in [1.807, 2.05) is 0 Å². The largest absolute Gasteiger partial charge is 0.389 e. The van der Waals surface area contributed by atoms with Gasteiger partial charge >= 0.3 is 6.03 Å². The highest BCUT2D eigenvalue weighted by Crippen LogP contribution is 2.15. The molecule has 21 heavy (non-hydrogen) atoms. The van der Waals surface area contributed by atoms with E-state index in [1.165, 1.54) is 0 Å². The molecule has 1 aromatic carbocycles. The molecule has 8 heteroatoms. The molecule has 0 aliphatic carbocycles. The van der Waals surface area contributed by atoms with Crippen molar-refractivity contribution < 1.29 is 14.4 Å².